The van der Waals surface area contributed by atoms with Crippen LogP contribution in [0, 0.1) is 11.3 Å². The topological polar surface area (TPSA) is 61.4 Å². The summed E-state index contributed by atoms with van der Waals surface area (Å²) >= 11 is 0. The number of anilines is 1. The van der Waals surface area contributed by atoms with Crippen molar-refractivity contribution in [1.82, 2.24) is 9.38 Å². The fourth-order valence-electron chi connectivity index (χ4n) is 2.68. The van der Waals surface area contributed by atoms with Crippen LogP contribution in [0.1, 0.15) is 25.1 Å². The monoisotopic (exact) mass is 318 g/mol. The highest BCUT2D eigenvalue weighted by Crippen LogP contribution is 2.20. The van der Waals surface area contributed by atoms with Crippen LogP contribution < -0.4 is 10.5 Å². The van der Waals surface area contributed by atoms with E-state index in [1.54, 1.807) is 18.3 Å². The van der Waals surface area contributed by atoms with E-state index in [9.17, 15) is 4.79 Å². The second-order valence-corrected chi connectivity index (χ2v) is 5.90. The van der Waals surface area contributed by atoms with Crippen LogP contribution in [0.15, 0.2) is 59.5 Å². The number of benzene rings is 1. The molecule has 3 rings (SSSR count). The lowest BCUT2D eigenvalue weighted by molar-refractivity contribution is 0.672. The Labute approximate surface area is 140 Å². The van der Waals surface area contributed by atoms with Gasteiger partial charge in [-0.25, -0.2) is 4.98 Å². The smallest absolute Gasteiger partial charge is 0.258 e. The Morgan fingerprint density at radius 2 is 2.04 bits per heavy atom. The molecule has 1 aromatic carbocycles. The summed E-state index contributed by atoms with van der Waals surface area (Å²) in [4.78, 5) is 19.0. The van der Waals surface area contributed by atoms with Gasteiger partial charge < -0.3 is 4.90 Å². The second kappa shape index (κ2) is 6.55. The first-order chi connectivity index (χ1) is 11.6. The van der Waals surface area contributed by atoms with Crippen LogP contribution in [0.2, 0.25) is 0 Å². The predicted molar refractivity (Wildman–Crippen MR) is 93.9 cm³/mol. The van der Waals surface area contributed by atoms with Gasteiger partial charge in [0, 0.05) is 24.0 Å². The molecule has 0 unspecified atom stereocenters. The standard InChI is InChI=1S/C19H18N4O/c1-14(2)23(17-7-5-6-15(10-17)12-20)13-16-11-19(24)22-9-4-3-8-18(22)21-16/h3-11,14H,13H2,1-2H3. The van der Waals surface area contributed by atoms with Crippen molar-refractivity contribution in [3.05, 3.63) is 76.3 Å². The molecule has 24 heavy (non-hydrogen) atoms. The number of nitrogens with zero attached hydrogens (tertiary/aromatic N) is 4. The Hall–Kier alpha value is -3.13. The van der Waals surface area contributed by atoms with Gasteiger partial charge in [0.05, 0.1) is 23.9 Å². The van der Waals surface area contributed by atoms with Crippen molar-refractivity contribution in [2.75, 3.05) is 4.90 Å². The van der Waals surface area contributed by atoms with Crippen molar-refractivity contribution in [3.63, 3.8) is 0 Å². The van der Waals surface area contributed by atoms with E-state index in [1.807, 2.05) is 36.4 Å². The lowest BCUT2D eigenvalue weighted by Gasteiger charge is -2.29. The third-order valence-corrected chi connectivity index (χ3v) is 3.89. The summed E-state index contributed by atoms with van der Waals surface area (Å²) in [5.74, 6) is 0. The van der Waals surface area contributed by atoms with Crippen molar-refractivity contribution in [1.29, 1.82) is 5.26 Å². The molecule has 0 fully saturated rings. The van der Waals surface area contributed by atoms with E-state index >= 15 is 0 Å². The predicted octanol–water partition coefficient (Wildman–Crippen LogP) is 2.98. The zero-order valence-corrected chi connectivity index (χ0v) is 13.7. The molecule has 0 atom stereocenters. The van der Waals surface area contributed by atoms with Crippen molar-refractivity contribution in [3.8, 4) is 6.07 Å². The molecule has 2 heterocycles. The maximum atomic E-state index is 12.2. The van der Waals surface area contributed by atoms with Gasteiger partial charge in [-0.15, -0.1) is 0 Å². The minimum atomic E-state index is -0.0925. The third kappa shape index (κ3) is 3.13. The molecule has 5 heteroatoms. The molecule has 0 radical (unpaired) electrons. The van der Waals surface area contributed by atoms with E-state index in [-0.39, 0.29) is 11.6 Å². The molecule has 0 saturated carbocycles. The molecular weight excluding hydrogens is 300 g/mol. The van der Waals surface area contributed by atoms with Crippen LogP contribution in [-0.2, 0) is 6.54 Å². The van der Waals surface area contributed by atoms with Gasteiger partial charge in [0.1, 0.15) is 5.65 Å². The van der Waals surface area contributed by atoms with Crippen LogP contribution in [0.25, 0.3) is 5.65 Å². The zero-order valence-electron chi connectivity index (χ0n) is 13.7. The lowest BCUT2D eigenvalue weighted by Crippen LogP contribution is -2.31. The quantitative estimate of drug-likeness (QED) is 0.742. The molecule has 120 valence electrons. The molecule has 0 bridgehead atoms. The fourth-order valence-corrected chi connectivity index (χ4v) is 2.68. The Morgan fingerprint density at radius 3 is 2.79 bits per heavy atom. The van der Waals surface area contributed by atoms with Crippen molar-refractivity contribution in [2.45, 2.75) is 26.4 Å². The SMILES string of the molecule is CC(C)N(Cc1cc(=O)n2ccccc2n1)c1cccc(C#N)c1. The van der Waals surface area contributed by atoms with Crippen LogP contribution in [0.3, 0.4) is 0 Å². The fraction of sp³-hybridized carbons (Fsp3) is 0.211. The molecule has 5 nitrogen and oxygen atoms in total. The Morgan fingerprint density at radius 1 is 1.21 bits per heavy atom. The summed E-state index contributed by atoms with van der Waals surface area (Å²) in [6, 6.07) is 16.9. The molecule has 3 aromatic rings. The largest absolute Gasteiger partial charge is 0.363 e. The number of hydrogen-bond donors (Lipinski definition) is 0. The van der Waals surface area contributed by atoms with Crippen molar-refractivity contribution >= 4 is 11.3 Å². The molecule has 0 aliphatic heterocycles. The highest BCUT2D eigenvalue weighted by molar-refractivity contribution is 5.52. The van der Waals surface area contributed by atoms with E-state index in [0.29, 0.717) is 23.4 Å². The first-order valence-corrected chi connectivity index (χ1v) is 7.82. The molecular formula is C19H18N4O. The van der Waals surface area contributed by atoms with Crippen LogP contribution in [-0.4, -0.2) is 15.4 Å². The Balaban J connectivity index is 2.00. The summed E-state index contributed by atoms with van der Waals surface area (Å²) in [6.07, 6.45) is 1.71. The second-order valence-electron chi connectivity index (χ2n) is 5.90. The Bertz CT molecular complexity index is 969. The number of rotatable bonds is 4. The number of pyridine rings is 1. The number of aromatic nitrogens is 2. The van der Waals surface area contributed by atoms with E-state index in [4.69, 9.17) is 5.26 Å². The van der Waals surface area contributed by atoms with Crippen LogP contribution in [0.5, 0.6) is 0 Å². The first kappa shape index (κ1) is 15.8. The first-order valence-electron chi connectivity index (χ1n) is 7.82. The zero-order chi connectivity index (χ0) is 17.1. The van der Waals surface area contributed by atoms with Gasteiger partial charge in [-0.1, -0.05) is 12.1 Å². The maximum absolute atomic E-state index is 12.2. The highest BCUT2D eigenvalue weighted by atomic mass is 16.1. The van der Waals surface area contributed by atoms with E-state index < -0.39 is 0 Å². The maximum Gasteiger partial charge on any atom is 0.258 e. The molecule has 0 aliphatic carbocycles. The summed E-state index contributed by atoms with van der Waals surface area (Å²) in [5.41, 5.74) is 2.81. The number of nitriles is 1. The average Bonchev–Trinajstić information content (AvgIpc) is 2.59. The van der Waals surface area contributed by atoms with Crippen molar-refractivity contribution < 1.29 is 0 Å². The lowest BCUT2D eigenvalue weighted by atomic mass is 10.1. The van der Waals surface area contributed by atoms with E-state index in [1.165, 1.54) is 4.40 Å². The number of hydrogen-bond acceptors (Lipinski definition) is 4. The number of fused-ring (bicyclic) bond motifs is 1. The minimum Gasteiger partial charge on any atom is -0.363 e. The third-order valence-electron chi connectivity index (χ3n) is 3.89. The minimum absolute atomic E-state index is 0.0925. The normalized spacial score (nSPS) is 10.8. The van der Waals surface area contributed by atoms with Gasteiger partial charge in [0.2, 0.25) is 0 Å². The molecule has 0 amide bonds. The van der Waals surface area contributed by atoms with Gasteiger partial charge in [0.15, 0.2) is 0 Å². The average molecular weight is 318 g/mol. The molecule has 0 saturated heterocycles. The summed E-state index contributed by atoms with van der Waals surface area (Å²) in [5, 5.41) is 9.10. The van der Waals surface area contributed by atoms with E-state index in [2.05, 4.69) is 29.8 Å². The molecule has 0 spiro atoms. The summed E-state index contributed by atoms with van der Waals surface area (Å²) < 4.78 is 1.53. The molecule has 2 aromatic heterocycles. The van der Waals surface area contributed by atoms with Gasteiger partial charge in [-0.3, -0.25) is 9.20 Å². The van der Waals surface area contributed by atoms with E-state index in [0.717, 1.165) is 5.69 Å². The van der Waals surface area contributed by atoms with Crippen LogP contribution >= 0.6 is 0 Å². The van der Waals surface area contributed by atoms with Crippen LogP contribution in [0.4, 0.5) is 5.69 Å². The Kier molecular flexibility index (Phi) is 4.30. The summed E-state index contributed by atoms with van der Waals surface area (Å²) in [6.45, 7) is 4.66. The van der Waals surface area contributed by atoms with Gasteiger partial charge in [-0.2, -0.15) is 5.26 Å². The summed E-state index contributed by atoms with van der Waals surface area (Å²) in [7, 11) is 0. The van der Waals surface area contributed by atoms with Gasteiger partial charge >= 0.3 is 0 Å². The van der Waals surface area contributed by atoms with Gasteiger partial charge in [0.25, 0.3) is 5.56 Å². The molecule has 0 N–H and O–H groups in total. The highest BCUT2D eigenvalue weighted by Gasteiger charge is 2.13. The van der Waals surface area contributed by atoms with Crippen molar-refractivity contribution in [2.24, 2.45) is 0 Å². The molecule has 0 aliphatic rings. The van der Waals surface area contributed by atoms with Gasteiger partial charge in [-0.05, 0) is 44.2 Å².